The van der Waals surface area contributed by atoms with Crippen LogP contribution in [0, 0.1) is 0 Å². The molecule has 4 nitrogen and oxygen atoms in total. The molecule has 0 unspecified atom stereocenters. The molecular weight excluding hydrogens is 492 g/mol. The van der Waals surface area contributed by atoms with Crippen LogP contribution in [-0.4, -0.2) is 20.2 Å². The summed E-state index contributed by atoms with van der Waals surface area (Å²) in [5, 5.41) is 11.3. The van der Waals surface area contributed by atoms with Gasteiger partial charge < -0.3 is 5.11 Å². The minimum absolute atomic E-state index is 0.00459. The second kappa shape index (κ2) is 5.29. The number of benzene rings is 2. The summed E-state index contributed by atoms with van der Waals surface area (Å²) in [5.41, 5.74) is 2.46. The van der Waals surface area contributed by atoms with Gasteiger partial charge in [-0.15, -0.1) is 0 Å². The summed E-state index contributed by atoms with van der Waals surface area (Å²) < 4.78 is 3.14. The van der Waals surface area contributed by atoms with E-state index in [0.29, 0.717) is 22.3 Å². The number of hydrogen-bond donors (Lipinski definition) is 1. The highest BCUT2D eigenvalue weighted by Gasteiger charge is 2.32. The Bertz CT molecular complexity index is 1040. The highest BCUT2D eigenvalue weighted by Crippen LogP contribution is 2.43. The van der Waals surface area contributed by atoms with Gasteiger partial charge in [-0.25, -0.2) is 4.99 Å². The molecule has 0 saturated heterocycles. The first-order chi connectivity index (χ1) is 11.0. The Balaban J connectivity index is 2.02. The van der Waals surface area contributed by atoms with Crippen molar-refractivity contribution in [2.24, 2.45) is 4.99 Å². The van der Waals surface area contributed by atoms with Gasteiger partial charge in [0.2, 0.25) is 5.78 Å². The van der Waals surface area contributed by atoms with Gasteiger partial charge in [0.15, 0.2) is 5.75 Å². The topological polar surface area (TPSA) is 54.6 Å². The quantitative estimate of drug-likeness (QED) is 0.492. The molecule has 0 bridgehead atoms. The molecule has 3 aromatic rings. The van der Waals surface area contributed by atoms with Crippen LogP contribution in [0.1, 0.15) is 16.1 Å². The molecule has 1 aliphatic rings. The van der Waals surface area contributed by atoms with Crippen LogP contribution in [-0.2, 0) is 0 Å². The molecule has 0 fully saturated rings. The normalized spacial score (nSPS) is 13.5. The third-order valence-electron chi connectivity index (χ3n) is 3.76. The summed E-state index contributed by atoms with van der Waals surface area (Å²) in [7, 11) is 0. The van der Waals surface area contributed by atoms with Crippen LogP contribution in [0.25, 0.3) is 10.9 Å². The first-order valence-corrected chi connectivity index (χ1v) is 8.90. The zero-order valence-electron chi connectivity index (χ0n) is 11.3. The molecule has 0 amide bonds. The third kappa shape index (κ3) is 2.07. The lowest BCUT2D eigenvalue weighted by Gasteiger charge is -2.01. The summed E-state index contributed by atoms with van der Waals surface area (Å²) in [6.45, 7) is 0. The lowest BCUT2D eigenvalue weighted by Crippen LogP contribution is -2.13. The summed E-state index contributed by atoms with van der Waals surface area (Å²) in [5.74, 6) is -0.195. The molecule has 1 aliphatic heterocycles. The van der Waals surface area contributed by atoms with Gasteiger partial charge in [0, 0.05) is 14.5 Å². The standard InChI is InChI=1S/C16H7Br3N2O2/c17-8-5-6-10-11(12(8)18)16(23)14(21(10)19)13-15(22)7-3-1-2-4-9(7)20-13/h1-6,23H. The number of Topliss-reactive ketones (excluding diaryl/α,β-unsaturated/α-hetero) is 1. The number of carbonyl (C=O) groups excluding carboxylic acids is 1. The van der Waals surface area contributed by atoms with E-state index < -0.39 is 0 Å². The van der Waals surface area contributed by atoms with Crippen LogP contribution in [0.2, 0.25) is 0 Å². The van der Waals surface area contributed by atoms with Crippen molar-refractivity contribution in [3.8, 4) is 5.75 Å². The number of hydrogen-bond acceptors (Lipinski definition) is 3. The molecule has 2 heterocycles. The van der Waals surface area contributed by atoms with Gasteiger partial charge >= 0.3 is 0 Å². The summed E-state index contributed by atoms with van der Waals surface area (Å²) in [4.78, 5) is 17.0. The number of ketones is 1. The number of aromatic nitrogens is 1. The molecule has 1 N–H and O–H groups in total. The maximum Gasteiger partial charge on any atom is 0.215 e. The van der Waals surface area contributed by atoms with Crippen LogP contribution >= 0.6 is 48.0 Å². The molecule has 7 heteroatoms. The maximum atomic E-state index is 12.6. The lowest BCUT2D eigenvalue weighted by molar-refractivity contribution is 0.106. The van der Waals surface area contributed by atoms with Gasteiger partial charge in [-0.1, -0.05) is 12.1 Å². The molecule has 23 heavy (non-hydrogen) atoms. The largest absolute Gasteiger partial charge is 0.505 e. The Morgan fingerprint density at radius 2 is 1.83 bits per heavy atom. The van der Waals surface area contributed by atoms with E-state index in [2.05, 4.69) is 53.0 Å². The molecule has 0 saturated carbocycles. The Labute approximate surface area is 156 Å². The van der Waals surface area contributed by atoms with Crippen LogP contribution in [0.5, 0.6) is 5.75 Å². The lowest BCUT2D eigenvalue weighted by atomic mass is 10.1. The number of halogens is 3. The number of aromatic hydroxyl groups is 1. The van der Waals surface area contributed by atoms with E-state index >= 15 is 0 Å². The third-order valence-corrected chi connectivity index (χ3v) is 6.52. The minimum Gasteiger partial charge on any atom is -0.505 e. The second-order valence-electron chi connectivity index (χ2n) is 5.04. The van der Waals surface area contributed by atoms with E-state index in [1.165, 1.54) is 0 Å². The van der Waals surface area contributed by atoms with Crippen molar-refractivity contribution in [3.63, 3.8) is 0 Å². The predicted molar refractivity (Wildman–Crippen MR) is 100 cm³/mol. The van der Waals surface area contributed by atoms with E-state index in [0.717, 1.165) is 14.5 Å². The smallest absolute Gasteiger partial charge is 0.215 e. The predicted octanol–water partition coefficient (Wildman–Crippen LogP) is 5.35. The summed E-state index contributed by atoms with van der Waals surface area (Å²) >= 11 is 10.3. The van der Waals surface area contributed by atoms with Crippen LogP contribution in [0.15, 0.2) is 50.3 Å². The molecule has 0 spiro atoms. The molecule has 2 aromatic carbocycles. The van der Waals surface area contributed by atoms with Gasteiger partial charge in [-0.2, -0.15) is 0 Å². The number of rotatable bonds is 1. The van der Waals surface area contributed by atoms with Gasteiger partial charge in [-0.3, -0.25) is 8.39 Å². The zero-order valence-corrected chi connectivity index (χ0v) is 16.1. The van der Waals surface area contributed by atoms with E-state index in [1.807, 2.05) is 18.2 Å². The van der Waals surface area contributed by atoms with Gasteiger partial charge in [-0.05, 0) is 56.1 Å². The van der Waals surface area contributed by atoms with Gasteiger partial charge in [0.1, 0.15) is 11.4 Å². The Morgan fingerprint density at radius 3 is 2.57 bits per heavy atom. The Morgan fingerprint density at radius 1 is 1.09 bits per heavy atom. The number of aliphatic imine (C=N–C) groups is 1. The molecule has 0 atom stereocenters. The van der Waals surface area contributed by atoms with E-state index in [-0.39, 0.29) is 17.2 Å². The van der Waals surface area contributed by atoms with Crippen LogP contribution < -0.4 is 0 Å². The number of para-hydroxylation sites is 1. The Hall–Kier alpha value is -1.44. The molecular formula is C16H7Br3N2O2. The van der Waals surface area contributed by atoms with Crippen molar-refractivity contribution < 1.29 is 9.90 Å². The van der Waals surface area contributed by atoms with Crippen molar-refractivity contribution in [3.05, 3.63) is 56.6 Å². The highest BCUT2D eigenvalue weighted by atomic mass is 79.9. The highest BCUT2D eigenvalue weighted by molar-refractivity contribution is 9.13. The molecule has 1 aromatic heterocycles. The molecule has 0 aliphatic carbocycles. The van der Waals surface area contributed by atoms with Crippen LogP contribution in [0.4, 0.5) is 5.69 Å². The number of carbonyl (C=O) groups is 1. The van der Waals surface area contributed by atoms with Crippen LogP contribution in [0.3, 0.4) is 0 Å². The van der Waals surface area contributed by atoms with Gasteiger partial charge in [0.25, 0.3) is 0 Å². The van der Waals surface area contributed by atoms with E-state index in [9.17, 15) is 9.90 Å². The second-order valence-corrected chi connectivity index (χ2v) is 7.40. The van der Waals surface area contributed by atoms with Crippen molar-refractivity contribution in [2.75, 3.05) is 0 Å². The fourth-order valence-electron chi connectivity index (χ4n) is 2.69. The molecule has 114 valence electrons. The Kier molecular flexibility index (Phi) is 3.48. The maximum absolute atomic E-state index is 12.6. The van der Waals surface area contributed by atoms with Crippen molar-refractivity contribution in [1.82, 2.24) is 3.59 Å². The fourth-order valence-corrected chi connectivity index (χ4v) is 4.17. The number of nitrogens with zero attached hydrogens (tertiary/aromatic N) is 2. The minimum atomic E-state index is -0.199. The average Bonchev–Trinajstić information content (AvgIpc) is 2.99. The first-order valence-electron chi connectivity index (χ1n) is 6.61. The zero-order chi connectivity index (χ0) is 16.3. The number of fused-ring (bicyclic) bond motifs is 2. The van der Waals surface area contributed by atoms with Crippen molar-refractivity contribution in [1.29, 1.82) is 0 Å². The van der Waals surface area contributed by atoms with E-state index in [4.69, 9.17) is 0 Å². The molecule has 0 radical (unpaired) electrons. The van der Waals surface area contributed by atoms with Crippen molar-refractivity contribution >= 4 is 76.1 Å². The SMILES string of the molecule is O=C1C(c2c(O)c3c(Br)c(Br)ccc3n2Br)=Nc2ccccc21. The summed E-state index contributed by atoms with van der Waals surface area (Å²) in [6.07, 6.45) is 0. The monoisotopic (exact) mass is 496 g/mol. The average molecular weight is 499 g/mol. The fraction of sp³-hybridized carbons (Fsp3) is 0. The molecule has 4 rings (SSSR count). The van der Waals surface area contributed by atoms with E-state index in [1.54, 1.807) is 21.8 Å². The first kappa shape index (κ1) is 15.1. The summed E-state index contributed by atoms with van der Waals surface area (Å²) in [6, 6.07) is 10.8. The van der Waals surface area contributed by atoms with Crippen molar-refractivity contribution in [2.45, 2.75) is 0 Å². The van der Waals surface area contributed by atoms with Gasteiger partial charge in [0.05, 0.1) is 32.7 Å².